The summed E-state index contributed by atoms with van der Waals surface area (Å²) >= 11 is 0. The Morgan fingerprint density at radius 1 is 0.896 bits per heavy atom. The molecule has 268 valence electrons. The van der Waals surface area contributed by atoms with E-state index in [2.05, 4.69) is 5.16 Å². The summed E-state index contributed by atoms with van der Waals surface area (Å²) in [5.41, 5.74) is -6.94. The van der Waals surface area contributed by atoms with Crippen LogP contribution in [0, 0.1) is 5.41 Å². The zero-order valence-electron chi connectivity index (χ0n) is 30.3. The number of rotatable bonds is 11. The molecule has 1 aliphatic heterocycles. The van der Waals surface area contributed by atoms with Gasteiger partial charge in [-0.05, 0) is 91.8 Å². The molecule has 0 aliphatic carbocycles. The Balaban J connectivity index is 2.54. The molecule has 1 aliphatic rings. The summed E-state index contributed by atoms with van der Waals surface area (Å²) in [6, 6.07) is 4.36. The van der Waals surface area contributed by atoms with E-state index < -0.39 is 75.9 Å². The summed E-state index contributed by atoms with van der Waals surface area (Å²) in [6.07, 6.45) is -1.75. The molecule has 48 heavy (non-hydrogen) atoms. The maximum Gasteiger partial charge on any atom is 0.354 e. The highest BCUT2D eigenvalue weighted by molar-refractivity contribution is 6.07. The van der Waals surface area contributed by atoms with Gasteiger partial charge in [-0.25, -0.2) is 9.59 Å². The number of phenolic OH excluding ortho intramolecular Hbond substituents is 1. The van der Waals surface area contributed by atoms with Gasteiger partial charge in [-0.1, -0.05) is 32.0 Å². The number of esters is 2. The minimum atomic E-state index is -2.09. The first-order valence-corrected chi connectivity index (χ1v) is 15.9. The minimum Gasteiger partial charge on any atom is -0.508 e. The van der Waals surface area contributed by atoms with Gasteiger partial charge in [0.25, 0.3) is 0 Å². The third-order valence-electron chi connectivity index (χ3n) is 7.72. The number of ether oxygens (including phenoxy) is 2. The lowest BCUT2D eigenvalue weighted by molar-refractivity contribution is -0.188. The number of benzene rings is 1. The van der Waals surface area contributed by atoms with Gasteiger partial charge in [0.2, 0.25) is 11.5 Å². The summed E-state index contributed by atoms with van der Waals surface area (Å²) in [5.74, 6) is -5.09. The smallest absolute Gasteiger partial charge is 0.354 e. The molecule has 3 N–H and O–H groups in total. The lowest BCUT2D eigenvalue weighted by atomic mass is 9.68. The van der Waals surface area contributed by atoms with Crippen LogP contribution in [0.3, 0.4) is 0 Å². The summed E-state index contributed by atoms with van der Waals surface area (Å²) in [5, 5.41) is 34.9. The van der Waals surface area contributed by atoms with E-state index in [1.54, 1.807) is 89.2 Å². The Kier molecular flexibility index (Phi) is 11.5. The van der Waals surface area contributed by atoms with E-state index in [4.69, 9.17) is 14.3 Å². The Labute approximate surface area is 282 Å². The molecule has 0 aromatic heterocycles. The molecule has 0 bridgehead atoms. The van der Waals surface area contributed by atoms with Gasteiger partial charge >= 0.3 is 23.9 Å². The van der Waals surface area contributed by atoms with Crippen molar-refractivity contribution in [3.05, 3.63) is 29.3 Å². The minimum absolute atomic E-state index is 0.0263. The highest BCUT2D eigenvalue weighted by Gasteiger charge is 2.59. The highest BCUT2D eigenvalue weighted by Crippen LogP contribution is 2.44. The average Bonchev–Trinajstić information content (AvgIpc) is 3.28. The summed E-state index contributed by atoms with van der Waals surface area (Å²) in [7, 11) is 0. The van der Waals surface area contributed by atoms with E-state index in [-0.39, 0.29) is 30.7 Å². The van der Waals surface area contributed by atoms with Crippen LogP contribution in [0.25, 0.3) is 0 Å². The molecule has 1 amide bonds. The van der Waals surface area contributed by atoms with E-state index in [9.17, 15) is 39.3 Å². The number of carbonyl (C=O) groups is 5. The Bertz CT molecular complexity index is 1450. The normalized spacial score (nSPS) is 18.2. The van der Waals surface area contributed by atoms with Crippen molar-refractivity contribution in [2.24, 2.45) is 10.6 Å². The lowest BCUT2D eigenvalue weighted by Gasteiger charge is -2.53. The molecule has 1 aromatic carbocycles. The standard InChI is InChI=1S/C35H52N2O11/c1-30(2,3)35(28(43)44,19-26(40)41)37(31(4,5)6)25(39)16-14-21-13-15-22(38)17-23(21)24-18-34(48-36-24,29(45)47-33(10,11)12)20-27(42)46-32(7,8)9/h13,15,17,38H,14,16,18-20H2,1-12H3,(H,40,41)(H,43,44)/t34?,35-/m0/s1. The number of aromatic hydroxyl groups is 1. The van der Waals surface area contributed by atoms with Gasteiger partial charge in [0.05, 0.1) is 18.6 Å². The van der Waals surface area contributed by atoms with Gasteiger partial charge in [0.1, 0.15) is 17.0 Å². The number of carboxylic acid groups (broad SMARTS) is 2. The van der Waals surface area contributed by atoms with Crippen LogP contribution >= 0.6 is 0 Å². The predicted octanol–water partition coefficient (Wildman–Crippen LogP) is 5.23. The molecule has 1 heterocycles. The van der Waals surface area contributed by atoms with E-state index in [0.717, 1.165) is 4.90 Å². The number of amides is 1. The zero-order valence-corrected chi connectivity index (χ0v) is 30.3. The lowest BCUT2D eigenvalue weighted by Crippen LogP contribution is -2.69. The maximum absolute atomic E-state index is 14.1. The number of hydrogen-bond donors (Lipinski definition) is 3. The van der Waals surface area contributed by atoms with Crippen LogP contribution in [0.1, 0.15) is 120 Å². The fourth-order valence-corrected chi connectivity index (χ4v) is 5.83. The van der Waals surface area contributed by atoms with Gasteiger partial charge in [-0.3, -0.25) is 14.4 Å². The van der Waals surface area contributed by atoms with Gasteiger partial charge in [0.15, 0.2) is 5.54 Å². The van der Waals surface area contributed by atoms with Crippen LogP contribution in [0.2, 0.25) is 0 Å². The van der Waals surface area contributed by atoms with Crippen LogP contribution in [0.15, 0.2) is 23.4 Å². The molecule has 1 aromatic rings. The second-order valence-corrected chi connectivity index (χ2v) is 16.3. The summed E-state index contributed by atoms with van der Waals surface area (Å²) < 4.78 is 11.1. The summed E-state index contributed by atoms with van der Waals surface area (Å²) in [4.78, 5) is 72.2. The molecule has 0 saturated heterocycles. The van der Waals surface area contributed by atoms with Crippen LogP contribution in [-0.4, -0.2) is 83.6 Å². The molecule has 0 saturated carbocycles. The molecule has 0 spiro atoms. The van der Waals surface area contributed by atoms with Gasteiger partial charge < -0.3 is 34.5 Å². The molecule has 13 heteroatoms. The fourth-order valence-electron chi connectivity index (χ4n) is 5.83. The summed E-state index contributed by atoms with van der Waals surface area (Å²) in [6.45, 7) is 19.8. The van der Waals surface area contributed by atoms with E-state index in [0.29, 0.717) is 11.1 Å². The number of carbonyl (C=O) groups excluding carboxylic acids is 3. The molecule has 0 fully saturated rings. The van der Waals surface area contributed by atoms with Crippen molar-refractivity contribution in [1.29, 1.82) is 0 Å². The number of aliphatic carboxylic acids is 2. The molecule has 2 atom stereocenters. The number of oxime groups is 1. The topological polar surface area (TPSA) is 189 Å². The van der Waals surface area contributed by atoms with Crippen molar-refractivity contribution in [2.75, 3.05) is 0 Å². The number of carboxylic acids is 2. The van der Waals surface area contributed by atoms with Crippen LogP contribution in [-0.2, 0) is 44.7 Å². The van der Waals surface area contributed by atoms with Crippen LogP contribution < -0.4 is 0 Å². The second kappa shape index (κ2) is 13.8. The number of phenols is 1. The Morgan fingerprint density at radius 3 is 1.92 bits per heavy atom. The van der Waals surface area contributed by atoms with Gasteiger partial charge in [0, 0.05) is 23.9 Å². The third-order valence-corrected chi connectivity index (χ3v) is 7.72. The van der Waals surface area contributed by atoms with E-state index in [1.165, 1.54) is 12.1 Å². The molecular weight excluding hydrogens is 624 g/mol. The predicted molar refractivity (Wildman–Crippen MR) is 176 cm³/mol. The fraction of sp³-hybridized carbons (Fsp3) is 0.657. The molecule has 13 nitrogen and oxygen atoms in total. The molecule has 1 unspecified atom stereocenters. The zero-order chi connectivity index (χ0) is 37.3. The van der Waals surface area contributed by atoms with Crippen molar-refractivity contribution < 1.29 is 53.6 Å². The van der Waals surface area contributed by atoms with Crippen LogP contribution in [0.4, 0.5) is 0 Å². The first-order chi connectivity index (χ1) is 21.5. The van der Waals surface area contributed by atoms with Crippen molar-refractivity contribution >= 4 is 35.5 Å². The van der Waals surface area contributed by atoms with Crippen LogP contribution in [0.5, 0.6) is 5.75 Å². The quantitative estimate of drug-likeness (QED) is 0.260. The van der Waals surface area contributed by atoms with Crippen molar-refractivity contribution in [1.82, 2.24) is 4.90 Å². The Morgan fingerprint density at radius 2 is 1.46 bits per heavy atom. The molecular formula is C35H52N2O11. The first kappa shape index (κ1) is 40.0. The van der Waals surface area contributed by atoms with Crippen molar-refractivity contribution in [3.8, 4) is 5.75 Å². The monoisotopic (exact) mass is 676 g/mol. The first-order valence-electron chi connectivity index (χ1n) is 15.9. The van der Waals surface area contributed by atoms with Gasteiger partial charge in [-0.2, -0.15) is 0 Å². The number of nitrogens with zero attached hydrogens (tertiary/aromatic N) is 2. The number of hydrogen-bond acceptors (Lipinski definition) is 10. The van der Waals surface area contributed by atoms with E-state index in [1.807, 2.05) is 0 Å². The van der Waals surface area contributed by atoms with Gasteiger partial charge in [-0.15, -0.1) is 0 Å². The molecule has 0 radical (unpaired) electrons. The number of aryl methyl sites for hydroxylation is 1. The van der Waals surface area contributed by atoms with Crippen molar-refractivity contribution in [2.45, 2.75) is 143 Å². The SMILES string of the molecule is CC(C)(C)OC(=O)CC1(C(=O)OC(C)(C)C)CC(c2cc(O)ccc2CCC(=O)N(C(C)(C)C)[C@@](CC(=O)O)(C(=O)O)C(C)(C)C)=NO1. The highest BCUT2D eigenvalue weighted by atomic mass is 16.7. The Hall–Kier alpha value is -4.16. The second-order valence-electron chi connectivity index (χ2n) is 16.3. The third kappa shape index (κ3) is 9.47. The maximum atomic E-state index is 14.1. The molecule has 2 rings (SSSR count). The van der Waals surface area contributed by atoms with Crippen molar-refractivity contribution in [3.63, 3.8) is 0 Å². The average molecular weight is 677 g/mol. The largest absolute Gasteiger partial charge is 0.508 e. The van der Waals surface area contributed by atoms with E-state index >= 15 is 0 Å².